The number of esters is 1. The highest BCUT2D eigenvalue weighted by atomic mass is 19.4. The summed E-state index contributed by atoms with van der Waals surface area (Å²) < 4.78 is 44.9. The molecule has 0 N–H and O–H groups in total. The summed E-state index contributed by atoms with van der Waals surface area (Å²) in [5, 5.41) is 0. The van der Waals surface area contributed by atoms with E-state index in [1.165, 1.54) is 6.92 Å². The monoisotopic (exact) mass is 184 g/mol. The minimum absolute atomic E-state index is 0.428. The lowest BCUT2D eigenvalue weighted by Gasteiger charge is -2.26. The number of cyclic esters (lactones) is 1. The van der Waals surface area contributed by atoms with Gasteiger partial charge in [0.1, 0.15) is 6.61 Å². The molecule has 1 atom stereocenters. The summed E-state index contributed by atoms with van der Waals surface area (Å²) in [6.07, 6.45) is -5.09. The molecule has 1 aliphatic rings. The molecule has 70 valence electrons. The maximum absolute atomic E-state index is 12.2. The standard InChI is InChI=1S/C6H7F3O3/c1-2-5(6(7,8)9)11-3-4(10)12-5/h2-3H2,1H3. The van der Waals surface area contributed by atoms with Crippen LogP contribution in [0.2, 0.25) is 0 Å². The van der Waals surface area contributed by atoms with Crippen molar-refractivity contribution in [3.8, 4) is 0 Å². The number of carbonyl (C=O) groups excluding carboxylic acids is 1. The molecule has 0 amide bonds. The van der Waals surface area contributed by atoms with Crippen molar-refractivity contribution in [2.45, 2.75) is 25.3 Å². The van der Waals surface area contributed by atoms with Crippen LogP contribution in [0.25, 0.3) is 0 Å². The summed E-state index contributed by atoms with van der Waals surface area (Å²) >= 11 is 0. The Kier molecular flexibility index (Phi) is 2.03. The number of halogens is 3. The normalized spacial score (nSPS) is 30.5. The largest absolute Gasteiger partial charge is 0.455 e. The van der Waals surface area contributed by atoms with E-state index in [0.29, 0.717) is 0 Å². The topological polar surface area (TPSA) is 35.5 Å². The van der Waals surface area contributed by atoms with Gasteiger partial charge in [0.05, 0.1) is 0 Å². The van der Waals surface area contributed by atoms with Gasteiger partial charge < -0.3 is 9.47 Å². The molecule has 3 nitrogen and oxygen atoms in total. The highest BCUT2D eigenvalue weighted by Gasteiger charge is 2.61. The summed E-state index contributed by atoms with van der Waals surface area (Å²) in [6.45, 7) is 0.611. The average Bonchev–Trinajstić information content (AvgIpc) is 2.31. The lowest BCUT2D eigenvalue weighted by molar-refractivity contribution is -0.339. The van der Waals surface area contributed by atoms with Crippen LogP contribution < -0.4 is 0 Å². The molecule has 0 aromatic carbocycles. The Morgan fingerprint density at radius 1 is 1.58 bits per heavy atom. The quantitative estimate of drug-likeness (QED) is 0.575. The van der Waals surface area contributed by atoms with E-state index in [-0.39, 0.29) is 0 Å². The van der Waals surface area contributed by atoms with Gasteiger partial charge in [0.15, 0.2) is 0 Å². The molecule has 1 fully saturated rings. The van der Waals surface area contributed by atoms with Crippen molar-refractivity contribution in [2.75, 3.05) is 6.61 Å². The summed E-state index contributed by atoms with van der Waals surface area (Å²) in [4.78, 5) is 10.4. The molecule has 0 radical (unpaired) electrons. The van der Waals surface area contributed by atoms with Gasteiger partial charge in [-0.05, 0) is 0 Å². The molecule has 0 saturated carbocycles. The third-order valence-electron chi connectivity index (χ3n) is 1.60. The van der Waals surface area contributed by atoms with Crippen LogP contribution in [-0.2, 0) is 14.3 Å². The van der Waals surface area contributed by atoms with Gasteiger partial charge in [-0.2, -0.15) is 13.2 Å². The van der Waals surface area contributed by atoms with Crippen LogP contribution >= 0.6 is 0 Å². The molecule has 0 aliphatic carbocycles. The van der Waals surface area contributed by atoms with Crippen molar-refractivity contribution < 1.29 is 27.4 Å². The van der Waals surface area contributed by atoms with Crippen LogP contribution in [0.15, 0.2) is 0 Å². The maximum Gasteiger partial charge on any atom is 0.455 e. The number of hydrogen-bond donors (Lipinski definition) is 0. The fourth-order valence-electron chi connectivity index (χ4n) is 0.933. The number of alkyl halides is 3. The van der Waals surface area contributed by atoms with Crippen LogP contribution in [0.3, 0.4) is 0 Å². The molecule has 1 heterocycles. The van der Waals surface area contributed by atoms with Gasteiger partial charge in [-0.15, -0.1) is 0 Å². The van der Waals surface area contributed by atoms with E-state index >= 15 is 0 Å². The summed E-state index contributed by atoms with van der Waals surface area (Å²) in [6, 6.07) is 0. The number of rotatable bonds is 1. The van der Waals surface area contributed by atoms with E-state index in [1.807, 2.05) is 0 Å². The van der Waals surface area contributed by atoms with Crippen LogP contribution in [0.4, 0.5) is 13.2 Å². The molecule has 0 bridgehead atoms. The molecule has 1 saturated heterocycles. The zero-order valence-electron chi connectivity index (χ0n) is 6.27. The van der Waals surface area contributed by atoms with Crippen molar-refractivity contribution in [2.24, 2.45) is 0 Å². The van der Waals surface area contributed by atoms with Crippen molar-refractivity contribution in [1.29, 1.82) is 0 Å². The SMILES string of the molecule is CCC1(C(F)(F)F)OCC(=O)O1. The Bertz CT molecular complexity index is 201. The Labute approximate surface area is 66.4 Å². The van der Waals surface area contributed by atoms with Gasteiger partial charge in [0.2, 0.25) is 0 Å². The molecule has 1 rings (SSSR count). The minimum Gasteiger partial charge on any atom is -0.421 e. The molecule has 6 heteroatoms. The second kappa shape index (κ2) is 2.62. The number of carbonyl (C=O) groups is 1. The summed E-state index contributed by atoms with van der Waals surface area (Å²) in [7, 11) is 0. The second-order valence-electron chi connectivity index (χ2n) is 2.37. The third kappa shape index (κ3) is 1.26. The molecule has 12 heavy (non-hydrogen) atoms. The third-order valence-corrected chi connectivity index (χ3v) is 1.60. The fourth-order valence-corrected chi connectivity index (χ4v) is 0.933. The molecule has 0 aromatic heterocycles. The predicted octanol–water partition coefficient (Wildman–Crippen LogP) is 1.23. The average molecular weight is 184 g/mol. The summed E-state index contributed by atoms with van der Waals surface area (Å²) in [5.74, 6) is -3.68. The molecule has 1 unspecified atom stereocenters. The smallest absolute Gasteiger partial charge is 0.421 e. The predicted molar refractivity (Wildman–Crippen MR) is 31.1 cm³/mol. The lowest BCUT2D eigenvalue weighted by Crippen LogP contribution is -2.45. The Morgan fingerprint density at radius 3 is 2.33 bits per heavy atom. The van der Waals surface area contributed by atoms with E-state index in [4.69, 9.17) is 0 Å². The van der Waals surface area contributed by atoms with Crippen LogP contribution in [0.1, 0.15) is 13.3 Å². The van der Waals surface area contributed by atoms with Crippen molar-refractivity contribution in [3.05, 3.63) is 0 Å². The maximum atomic E-state index is 12.2. The van der Waals surface area contributed by atoms with E-state index in [1.54, 1.807) is 0 Å². The number of hydrogen-bond acceptors (Lipinski definition) is 3. The minimum atomic E-state index is -4.66. The van der Waals surface area contributed by atoms with Gasteiger partial charge in [-0.25, -0.2) is 4.79 Å². The summed E-state index contributed by atoms with van der Waals surface area (Å²) in [5.41, 5.74) is 0. The zero-order chi connectivity index (χ0) is 9.41. The van der Waals surface area contributed by atoms with E-state index < -0.39 is 31.0 Å². The molecular weight excluding hydrogens is 177 g/mol. The Balaban J connectivity index is 2.85. The number of ether oxygens (including phenoxy) is 2. The van der Waals surface area contributed by atoms with E-state index in [9.17, 15) is 18.0 Å². The van der Waals surface area contributed by atoms with E-state index in [0.717, 1.165) is 0 Å². The molecule has 0 aromatic rings. The first kappa shape index (κ1) is 9.31. The molecule has 0 spiro atoms. The van der Waals surface area contributed by atoms with Crippen LogP contribution in [-0.4, -0.2) is 24.5 Å². The molecule has 1 aliphatic heterocycles. The van der Waals surface area contributed by atoms with Gasteiger partial charge in [-0.3, -0.25) is 0 Å². The van der Waals surface area contributed by atoms with Crippen molar-refractivity contribution in [1.82, 2.24) is 0 Å². The van der Waals surface area contributed by atoms with Gasteiger partial charge in [0.25, 0.3) is 0 Å². The second-order valence-corrected chi connectivity index (χ2v) is 2.37. The first-order valence-electron chi connectivity index (χ1n) is 3.34. The fraction of sp³-hybridized carbons (Fsp3) is 0.833. The van der Waals surface area contributed by atoms with Gasteiger partial charge >= 0.3 is 17.9 Å². The Hall–Kier alpha value is -0.780. The zero-order valence-corrected chi connectivity index (χ0v) is 6.27. The van der Waals surface area contributed by atoms with Crippen molar-refractivity contribution in [3.63, 3.8) is 0 Å². The highest BCUT2D eigenvalue weighted by molar-refractivity contribution is 5.72. The molecular formula is C6H7F3O3. The van der Waals surface area contributed by atoms with Crippen LogP contribution in [0, 0.1) is 0 Å². The van der Waals surface area contributed by atoms with E-state index in [2.05, 4.69) is 9.47 Å². The van der Waals surface area contributed by atoms with Crippen molar-refractivity contribution >= 4 is 5.97 Å². The first-order valence-corrected chi connectivity index (χ1v) is 3.34. The first-order chi connectivity index (χ1) is 5.41. The Morgan fingerprint density at radius 2 is 2.17 bits per heavy atom. The van der Waals surface area contributed by atoms with Crippen LogP contribution in [0.5, 0.6) is 0 Å². The lowest BCUT2D eigenvalue weighted by atomic mass is 10.2. The van der Waals surface area contributed by atoms with Gasteiger partial charge in [-0.1, -0.05) is 6.92 Å². The highest BCUT2D eigenvalue weighted by Crippen LogP contribution is 2.40. The van der Waals surface area contributed by atoms with Gasteiger partial charge in [0, 0.05) is 6.42 Å².